The van der Waals surface area contributed by atoms with Crippen LogP contribution in [0.15, 0.2) is 18.5 Å². The summed E-state index contributed by atoms with van der Waals surface area (Å²) in [5.41, 5.74) is 0.361. The van der Waals surface area contributed by atoms with Gasteiger partial charge in [-0.15, -0.1) is 0 Å². The van der Waals surface area contributed by atoms with Gasteiger partial charge in [0.1, 0.15) is 0 Å². The van der Waals surface area contributed by atoms with Crippen molar-refractivity contribution < 1.29 is 0 Å². The second kappa shape index (κ2) is 4.67. The molecule has 0 radical (unpaired) electrons. The number of rotatable bonds is 4. The van der Waals surface area contributed by atoms with Gasteiger partial charge in [-0.1, -0.05) is 0 Å². The molecule has 1 aromatic heterocycles. The summed E-state index contributed by atoms with van der Waals surface area (Å²) in [5, 5.41) is 7.96. The van der Waals surface area contributed by atoms with Gasteiger partial charge >= 0.3 is 0 Å². The molecule has 1 saturated carbocycles. The fourth-order valence-electron chi connectivity index (χ4n) is 3.21. The minimum absolute atomic E-state index is 0.361. The fraction of sp³-hybridized carbons (Fsp3) is 0.786. The maximum Gasteiger partial charge on any atom is 0.0536 e. The minimum atomic E-state index is 0.361. The molecule has 0 bridgehead atoms. The van der Waals surface area contributed by atoms with Crippen molar-refractivity contribution in [3.63, 3.8) is 0 Å². The van der Waals surface area contributed by atoms with E-state index >= 15 is 0 Å². The molecule has 18 heavy (non-hydrogen) atoms. The van der Waals surface area contributed by atoms with Gasteiger partial charge in [0.2, 0.25) is 0 Å². The second-order valence-corrected chi connectivity index (χ2v) is 6.13. The van der Waals surface area contributed by atoms with Crippen molar-refractivity contribution in [2.45, 2.75) is 44.8 Å². The highest BCUT2D eigenvalue weighted by molar-refractivity contribution is 5.04. The van der Waals surface area contributed by atoms with Gasteiger partial charge in [0.05, 0.1) is 6.54 Å². The summed E-state index contributed by atoms with van der Waals surface area (Å²) in [5.74, 6) is 0.898. The zero-order chi connectivity index (χ0) is 12.6. The van der Waals surface area contributed by atoms with Gasteiger partial charge in [-0.2, -0.15) is 5.10 Å². The van der Waals surface area contributed by atoms with Crippen molar-refractivity contribution in [1.82, 2.24) is 20.0 Å². The van der Waals surface area contributed by atoms with Gasteiger partial charge in [0, 0.05) is 43.6 Å². The highest BCUT2D eigenvalue weighted by Gasteiger charge is 2.47. The molecule has 1 aliphatic carbocycles. The second-order valence-electron chi connectivity index (χ2n) is 6.13. The van der Waals surface area contributed by atoms with Crippen molar-refractivity contribution in [1.29, 1.82) is 0 Å². The van der Waals surface area contributed by atoms with E-state index in [4.69, 9.17) is 0 Å². The lowest BCUT2D eigenvalue weighted by Crippen LogP contribution is -2.64. The quantitative estimate of drug-likeness (QED) is 0.873. The Morgan fingerprint density at radius 3 is 2.89 bits per heavy atom. The molecule has 0 spiro atoms. The number of nitrogens with zero attached hydrogens (tertiary/aromatic N) is 3. The van der Waals surface area contributed by atoms with Crippen LogP contribution in [0.5, 0.6) is 0 Å². The van der Waals surface area contributed by atoms with E-state index in [9.17, 15) is 0 Å². The molecule has 0 aromatic carbocycles. The molecule has 3 rings (SSSR count). The Kier molecular flexibility index (Phi) is 3.16. The zero-order valence-corrected chi connectivity index (χ0v) is 11.5. The molecule has 2 atom stereocenters. The van der Waals surface area contributed by atoms with Crippen molar-refractivity contribution in [3.05, 3.63) is 18.5 Å². The van der Waals surface area contributed by atoms with Crippen LogP contribution in [0.4, 0.5) is 0 Å². The first-order chi connectivity index (χ1) is 8.68. The van der Waals surface area contributed by atoms with Crippen LogP contribution in [0.1, 0.15) is 26.7 Å². The fourth-order valence-corrected chi connectivity index (χ4v) is 3.21. The van der Waals surface area contributed by atoms with E-state index in [1.807, 2.05) is 16.9 Å². The largest absolute Gasteiger partial charge is 0.311 e. The molecule has 2 fully saturated rings. The molecular formula is C14H24N4. The van der Waals surface area contributed by atoms with Crippen LogP contribution in [0.3, 0.4) is 0 Å². The van der Waals surface area contributed by atoms with Crippen LogP contribution in [0, 0.1) is 5.92 Å². The maximum absolute atomic E-state index is 4.30. The first kappa shape index (κ1) is 12.2. The van der Waals surface area contributed by atoms with Crippen LogP contribution in [0.2, 0.25) is 0 Å². The van der Waals surface area contributed by atoms with E-state index in [1.165, 1.54) is 12.8 Å². The Bertz CT molecular complexity index is 385. The Morgan fingerprint density at radius 1 is 1.39 bits per heavy atom. The molecule has 4 heteroatoms. The van der Waals surface area contributed by atoms with E-state index in [-0.39, 0.29) is 0 Å². The lowest BCUT2D eigenvalue weighted by Gasteiger charge is -2.48. The Labute approximate surface area is 109 Å². The SMILES string of the molecule is CC1CN(CCn2cccn2)C(C)(C2CC2)CN1. The van der Waals surface area contributed by atoms with Gasteiger partial charge in [0.15, 0.2) is 0 Å². The van der Waals surface area contributed by atoms with E-state index in [0.717, 1.165) is 32.1 Å². The Hall–Kier alpha value is -0.870. The van der Waals surface area contributed by atoms with Gasteiger partial charge in [-0.3, -0.25) is 9.58 Å². The van der Waals surface area contributed by atoms with Crippen LogP contribution < -0.4 is 5.32 Å². The van der Waals surface area contributed by atoms with Crippen molar-refractivity contribution in [2.24, 2.45) is 5.92 Å². The minimum Gasteiger partial charge on any atom is -0.311 e. The van der Waals surface area contributed by atoms with Gasteiger partial charge in [-0.05, 0) is 38.7 Å². The van der Waals surface area contributed by atoms with E-state index in [2.05, 4.69) is 35.4 Å². The summed E-state index contributed by atoms with van der Waals surface area (Å²) in [7, 11) is 0. The maximum atomic E-state index is 4.30. The number of aromatic nitrogens is 2. The molecule has 100 valence electrons. The normalized spacial score (nSPS) is 33.8. The highest BCUT2D eigenvalue weighted by atomic mass is 15.3. The topological polar surface area (TPSA) is 33.1 Å². The Balaban J connectivity index is 1.66. The molecule has 4 nitrogen and oxygen atoms in total. The number of hydrogen-bond acceptors (Lipinski definition) is 3. The summed E-state index contributed by atoms with van der Waals surface area (Å²) >= 11 is 0. The van der Waals surface area contributed by atoms with E-state index < -0.39 is 0 Å². The number of hydrogen-bond donors (Lipinski definition) is 1. The molecule has 1 aliphatic heterocycles. The van der Waals surface area contributed by atoms with E-state index in [1.54, 1.807) is 0 Å². The summed E-state index contributed by atoms with van der Waals surface area (Å²) in [6, 6.07) is 2.61. The summed E-state index contributed by atoms with van der Waals surface area (Å²) in [6.45, 7) is 9.13. The standard InChI is InChI=1S/C14H24N4/c1-12-10-17(8-9-18-7-3-6-16-18)14(2,11-15-12)13-4-5-13/h3,6-7,12-13,15H,4-5,8-11H2,1-2H3. The van der Waals surface area contributed by atoms with Crippen LogP contribution in [-0.4, -0.2) is 45.9 Å². The van der Waals surface area contributed by atoms with Crippen molar-refractivity contribution in [3.8, 4) is 0 Å². The van der Waals surface area contributed by atoms with Gasteiger partial charge in [-0.25, -0.2) is 0 Å². The third-order valence-electron chi connectivity index (χ3n) is 4.64. The first-order valence-electron chi connectivity index (χ1n) is 7.14. The molecular weight excluding hydrogens is 224 g/mol. The number of piperazine rings is 1. The molecule has 1 N–H and O–H groups in total. The molecule has 2 heterocycles. The van der Waals surface area contributed by atoms with Crippen molar-refractivity contribution in [2.75, 3.05) is 19.6 Å². The lowest BCUT2D eigenvalue weighted by atomic mass is 9.90. The summed E-state index contributed by atoms with van der Waals surface area (Å²) in [4.78, 5) is 2.69. The highest BCUT2D eigenvalue weighted by Crippen LogP contribution is 2.43. The van der Waals surface area contributed by atoms with Crippen LogP contribution in [0.25, 0.3) is 0 Å². The first-order valence-corrected chi connectivity index (χ1v) is 7.14. The third-order valence-corrected chi connectivity index (χ3v) is 4.64. The van der Waals surface area contributed by atoms with Gasteiger partial charge in [0.25, 0.3) is 0 Å². The molecule has 2 aliphatic rings. The third kappa shape index (κ3) is 2.31. The predicted molar refractivity (Wildman–Crippen MR) is 72.4 cm³/mol. The summed E-state index contributed by atoms with van der Waals surface area (Å²) < 4.78 is 2.04. The summed E-state index contributed by atoms with van der Waals surface area (Å²) in [6.07, 6.45) is 6.73. The Morgan fingerprint density at radius 2 is 2.22 bits per heavy atom. The average Bonchev–Trinajstić information content (AvgIpc) is 3.09. The zero-order valence-electron chi connectivity index (χ0n) is 11.5. The number of nitrogens with one attached hydrogen (secondary N) is 1. The van der Waals surface area contributed by atoms with Crippen LogP contribution >= 0.6 is 0 Å². The van der Waals surface area contributed by atoms with Gasteiger partial charge < -0.3 is 5.32 Å². The monoisotopic (exact) mass is 248 g/mol. The van der Waals surface area contributed by atoms with E-state index in [0.29, 0.717) is 11.6 Å². The molecule has 1 saturated heterocycles. The van der Waals surface area contributed by atoms with Crippen LogP contribution in [-0.2, 0) is 6.54 Å². The molecule has 1 aromatic rings. The predicted octanol–water partition coefficient (Wildman–Crippen LogP) is 1.35. The lowest BCUT2D eigenvalue weighted by molar-refractivity contribution is 0.0347. The smallest absolute Gasteiger partial charge is 0.0536 e. The molecule has 2 unspecified atom stereocenters. The van der Waals surface area contributed by atoms with Crippen molar-refractivity contribution >= 4 is 0 Å². The average molecular weight is 248 g/mol. The molecule has 0 amide bonds.